The van der Waals surface area contributed by atoms with Gasteiger partial charge >= 0.3 is 0 Å². The Morgan fingerprint density at radius 2 is 2.19 bits per heavy atom. The van der Waals surface area contributed by atoms with Gasteiger partial charge in [-0.15, -0.1) is 0 Å². The first-order chi connectivity index (χ1) is 7.58. The highest BCUT2D eigenvalue weighted by Gasteiger charge is 2.13. The summed E-state index contributed by atoms with van der Waals surface area (Å²) in [5, 5.41) is 14.3. The molecular formula is C10H9N3O3. The summed E-state index contributed by atoms with van der Waals surface area (Å²) in [6, 6.07) is 6.35. The van der Waals surface area contributed by atoms with E-state index in [9.17, 15) is 10.1 Å². The number of benzene rings is 1. The van der Waals surface area contributed by atoms with Crippen molar-refractivity contribution in [3.8, 4) is 11.3 Å². The van der Waals surface area contributed by atoms with Crippen LogP contribution in [0.5, 0.6) is 0 Å². The Kier molecular flexibility index (Phi) is 2.32. The van der Waals surface area contributed by atoms with E-state index in [0.29, 0.717) is 16.9 Å². The lowest BCUT2D eigenvalue weighted by molar-refractivity contribution is -0.385. The molecule has 1 aromatic carbocycles. The summed E-state index contributed by atoms with van der Waals surface area (Å²) < 4.78 is 4.93. The summed E-state index contributed by atoms with van der Waals surface area (Å²) in [4.78, 5) is 10.3. The lowest BCUT2D eigenvalue weighted by Crippen LogP contribution is -1.91. The van der Waals surface area contributed by atoms with Gasteiger partial charge in [0, 0.05) is 23.3 Å². The SMILES string of the molecule is Cc1ccc(-c2cc(N)no2)cc1[N+](=O)[O-]. The molecule has 0 saturated carbocycles. The van der Waals surface area contributed by atoms with Crippen LogP contribution in [0.4, 0.5) is 11.5 Å². The molecule has 1 aromatic heterocycles. The van der Waals surface area contributed by atoms with E-state index in [2.05, 4.69) is 5.16 Å². The molecule has 1 heterocycles. The Bertz CT molecular complexity index is 548. The topological polar surface area (TPSA) is 95.2 Å². The Labute approximate surface area is 90.8 Å². The van der Waals surface area contributed by atoms with Gasteiger partial charge in [0.15, 0.2) is 11.6 Å². The molecule has 82 valence electrons. The highest BCUT2D eigenvalue weighted by molar-refractivity contribution is 5.64. The Hall–Kier alpha value is -2.37. The number of aryl methyl sites for hydroxylation is 1. The van der Waals surface area contributed by atoms with Crippen LogP contribution in [0, 0.1) is 17.0 Å². The van der Waals surface area contributed by atoms with E-state index < -0.39 is 4.92 Å². The van der Waals surface area contributed by atoms with Crippen molar-refractivity contribution in [2.45, 2.75) is 6.92 Å². The first-order valence-corrected chi connectivity index (χ1v) is 4.55. The van der Waals surface area contributed by atoms with Crippen molar-refractivity contribution in [2.24, 2.45) is 0 Å². The maximum absolute atomic E-state index is 10.7. The number of hydrogen-bond donors (Lipinski definition) is 1. The minimum Gasteiger partial charge on any atom is -0.381 e. The van der Waals surface area contributed by atoms with Crippen LogP contribution in [-0.2, 0) is 0 Å². The van der Waals surface area contributed by atoms with E-state index in [0.717, 1.165) is 0 Å². The molecular weight excluding hydrogens is 210 g/mol. The van der Waals surface area contributed by atoms with Crippen molar-refractivity contribution in [3.05, 3.63) is 39.9 Å². The minimum atomic E-state index is -0.432. The third kappa shape index (κ3) is 1.72. The minimum absolute atomic E-state index is 0.0486. The van der Waals surface area contributed by atoms with Crippen LogP contribution in [-0.4, -0.2) is 10.1 Å². The Morgan fingerprint density at radius 3 is 2.75 bits per heavy atom. The third-order valence-corrected chi connectivity index (χ3v) is 2.22. The van der Waals surface area contributed by atoms with Crippen molar-refractivity contribution in [3.63, 3.8) is 0 Å². The average Bonchev–Trinajstić information content (AvgIpc) is 2.65. The van der Waals surface area contributed by atoms with Gasteiger partial charge in [0.2, 0.25) is 0 Å². The summed E-state index contributed by atoms with van der Waals surface area (Å²) in [6.07, 6.45) is 0. The fourth-order valence-corrected chi connectivity index (χ4v) is 1.38. The van der Waals surface area contributed by atoms with Gasteiger partial charge in [-0.2, -0.15) is 0 Å². The van der Waals surface area contributed by atoms with Gasteiger partial charge in [0.05, 0.1) is 4.92 Å². The van der Waals surface area contributed by atoms with Gasteiger partial charge in [-0.25, -0.2) is 0 Å². The molecule has 2 N–H and O–H groups in total. The number of rotatable bonds is 2. The second kappa shape index (κ2) is 3.65. The molecule has 2 aromatic rings. The highest BCUT2D eigenvalue weighted by atomic mass is 16.6. The molecule has 6 heteroatoms. The molecule has 2 rings (SSSR count). The quantitative estimate of drug-likeness (QED) is 0.616. The van der Waals surface area contributed by atoms with E-state index in [1.807, 2.05) is 0 Å². The van der Waals surface area contributed by atoms with E-state index >= 15 is 0 Å². The van der Waals surface area contributed by atoms with Gasteiger partial charge in [-0.1, -0.05) is 17.3 Å². The van der Waals surface area contributed by atoms with Crippen LogP contribution in [0.2, 0.25) is 0 Å². The van der Waals surface area contributed by atoms with Crippen molar-refractivity contribution < 1.29 is 9.45 Å². The van der Waals surface area contributed by atoms with Gasteiger partial charge in [0.1, 0.15) is 0 Å². The number of nitro groups is 1. The number of aromatic nitrogens is 1. The van der Waals surface area contributed by atoms with Crippen molar-refractivity contribution in [1.82, 2.24) is 5.16 Å². The van der Waals surface area contributed by atoms with Crippen molar-refractivity contribution in [1.29, 1.82) is 0 Å². The zero-order valence-electron chi connectivity index (χ0n) is 8.51. The number of nitrogens with zero attached hydrogens (tertiary/aromatic N) is 2. The van der Waals surface area contributed by atoms with Crippen LogP contribution in [0.1, 0.15) is 5.56 Å². The zero-order chi connectivity index (χ0) is 11.7. The summed E-state index contributed by atoms with van der Waals surface area (Å²) in [6.45, 7) is 1.68. The summed E-state index contributed by atoms with van der Waals surface area (Å²) in [5.41, 5.74) is 6.64. The standard InChI is InChI=1S/C10H9N3O3/c1-6-2-3-7(4-8(6)13(14)15)9-5-10(11)12-16-9/h2-5H,1H3,(H2,11,12). The van der Waals surface area contributed by atoms with Gasteiger partial charge < -0.3 is 10.3 Å². The maximum atomic E-state index is 10.7. The number of hydrogen-bond acceptors (Lipinski definition) is 5. The molecule has 16 heavy (non-hydrogen) atoms. The predicted molar refractivity (Wildman–Crippen MR) is 57.7 cm³/mol. The van der Waals surface area contributed by atoms with Crippen LogP contribution in [0.15, 0.2) is 28.8 Å². The van der Waals surface area contributed by atoms with E-state index in [1.54, 1.807) is 19.1 Å². The zero-order valence-corrected chi connectivity index (χ0v) is 8.51. The molecule has 0 fully saturated rings. The van der Waals surface area contributed by atoms with E-state index in [-0.39, 0.29) is 11.5 Å². The third-order valence-electron chi connectivity index (χ3n) is 2.22. The summed E-state index contributed by atoms with van der Waals surface area (Å²) >= 11 is 0. The Morgan fingerprint density at radius 1 is 1.44 bits per heavy atom. The summed E-state index contributed by atoms with van der Waals surface area (Å²) in [7, 11) is 0. The smallest absolute Gasteiger partial charge is 0.273 e. The molecule has 0 unspecified atom stereocenters. The molecule has 0 aliphatic heterocycles. The van der Waals surface area contributed by atoms with Crippen LogP contribution in [0.3, 0.4) is 0 Å². The van der Waals surface area contributed by atoms with Crippen molar-refractivity contribution >= 4 is 11.5 Å². The molecule has 0 spiro atoms. The molecule has 0 amide bonds. The number of nitrogens with two attached hydrogens (primary N) is 1. The predicted octanol–water partition coefficient (Wildman–Crippen LogP) is 2.14. The normalized spacial score (nSPS) is 10.3. The molecule has 0 aliphatic rings. The van der Waals surface area contributed by atoms with Crippen LogP contribution < -0.4 is 5.73 Å². The fraction of sp³-hybridized carbons (Fsp3) is 0.100. The van der Waals surface area contributed by atoms with Gasteiger partial charge in [0.25, 0.3) is 5.69 Å². The second-order valence-corrected chi connectivity index (χ2v) is 3.37. The lowest BCUT2D eigenvalue weighted by Gasteiger charge is -1.99. The fourth-order valence-electron chi connectivity index (χ4n) is 1.38. The van der Waals surface area contributed by atoms with Gasteiger partial charge in [-0.05, 0) is 6.92 Å². The highest BCUT2D eigenvalue weighted by Crippen LogP contribution is 2.27. The lowest BCUT2D eigenvalue weighted by atomic mass is 10.1. The molecule has 0 aliphatic carbocycles. The molecule has 0 saturated heterocycles. The largest absolute Gasteiger partial charge is 0.381 e. The first-order valence-electron chi connectivity index (χ1n) is 4.55. The van der Waals surface area contributed by atoms with E-state index in [4.69, 9.17) is 10.3 Å². The Balaban J connectivity index is 2.51. The van der Waals surface area contributed by atoms with Crippen molar-refractivity contribution in [2.75, 3.05) is 5.73 Å². The molecule has 0 radical (unpaired) electrons. The number of anilines is 1. The average molecular weight is 219 g/mol. The monoisotopic (exact) mass is 219 g/mol. The first kappa shape index (κ1) is 10.2. The van der Waals surface area contributed by atoms with Crippen LogP contribution >= 0.6 is 0 Å². The van der Waals surface area contributed by atoms with Crippen LogP contribution in [0.25, 0.3) is 11.3 Å². The molecule has 0 bridgehead atoms. The van der Waals surface area contributed by atoms with E-state index in [1.165, 1.54) is 12.1 Å². The maximum Gasteiger partial charge on any atom is 0.273 e. The number of nitro benzene ring substituents is 1. The number of nitrogen functional groups attached to an aromatic ring is 1. The second-order valence-electron chi connectivity index (χ2n) is 3.37. The summed E-state index contributed by atoms with van der Waals surface area (Å²) in [5.74, 6) is 0.666. The molecule has 6 nitrogen and oxygen atoms in total. The van der Waals surface area contributed by atoms with Gasteiger partial charge in [-0.3, -0.25) is 10.1 Å². The molecule has 0 atom stereocenters.